The molecule has 0 saturated carbocycles. The second-order valence-electron chi connectivity index (χ2n) is 3.33. The number of thiazole rings is 1. The minimum Gasteiger partial charge on any atom is -0.362 e. The predicted octanol–water partition coefficient (Wildman–Crippen LogP) is 3.55. The van der Waals surface area contributed by atoms with Gasteiger partial charge in [0, 0.05) is 6.54 Å². The molecule has 0 spiro atoms. The monoisotopic (exact) mass is 218 g/mol. The van der Waals surface area contributed by atoms with Gasteiger partial charge in [0.05, 0.1) is 10.6 Å². The molecule has 3 heteroatoms. The van der Waals surface area contributed by atoms with E-state index in [0.29, 0.717) is 0 Å². The summed E-state index contributed by atoms with van der Waals surface area (Å²) in [7, 11) is 0. The third kappa shape index (κ3) is 2.18. The van der Waals surface area contributed by atoms with Crippen LogP contribution in [0.1, 0.15) is 12.6 Å². The number of nitrogens with one attached hydrogen (secondary N) is 1. The van der Waals surface area contributed by atoms with Crippen LogP contribution in [0.2, 0.25) is 0 Å². The van der Waals surface area contributed by atoms with E-state index in [9.17, 15) is 0 Å². The van der Waals surface area contributed by atoms with Crippen molar-refractivity contribution in [3.8, 4) is 10.4 Å². The van der Waals surface area contributed by atoms with Gasteiger partial charge in [0.1, 0.15) is 0 Å². The highest BCUT2D eigenvalue weighted by Gasteiger charge is 2.07. The topological polar surface area (TPSA) is 24.9 Å². The smallest absolute Gasteiger partial charge is 0.183 e. The number of benzene rings is 1. The Bertz CT molecular complexity index is 434. The quantitative estimate of drug-likeness (QED) is 0.852. The summed E-state index contributed by atoms with van der Waals surface area (Å²) in [5.74, 6) is 0. The standard InChI is InChI=1S/C12H14N2S/c1-3-13-12-14-9(2)11(15-12)10-7-5-4-6-8-10/h4-8H,3H2,1-2H3,(H,13,14). The van der Waals surface area contributed by atoms with Gasteiger partial charge in [-0.1, -0.05) is 41.7 Å². The number of anilines is 1. The molecule has 0 aliphatic carbocycles. The predicted molar refractivity (Wildman–Crippen MR) is 66.5 cm³/mol. The van der Waals surface area contributed by atoms with E-state index in [1.807, 2.05) is 6.07 Å². The Morgan fingerprint density at radius 3 is 2.67 bits per heavy atom. The maximum absolute atomic E-state index is 4.48. The zero-order chi connectivity index (χ0) is 10.7. The third-order valence-electron chi connectivity index (χ3n) is 2.16. The highest BCUT2D eigenvalue weighted by Crippen LogP contribution is 2.32. The molecule has 1 aromatic carbocycles. The number of hydrogen-bond donors (Lipinski definition) is 1. The number of hydrogen-bond acceptors (Lipinski definition) is 3. The summed E-state index contributed by atoms with van der Waals surface area (Å²) < 4.78 is 0. The molecule has 0 unspecified atom stereocenters. The van der Waals surface area contributed by atoms with Crippen molar-refractivity contribution in [1.29, 1.82) is 0 Å². The molecule has 15 heavy (non-hydrogen) atoms. The van der Waals surface area contributed by atoms with Crippen LogP contribution in [0.3, 0.4) is 0 Å². The molecular weight excluding hydrogens is 204 g/mol. The van der Waals surface area contributed by atoms with Gasteiger partial charge >= 0.3 is 0 Å². The molecule has 0 amide bonds. The maximum atomic E-state index is 4.48. The third-order valence-corrected chi connectivity index (χ3v) is 3.32. The minimum atomic E-state index is 0.918. The molecule has 0 radical (unpaired) electrons. The van der Waals surface area contributed by atoms with Crippen LogP contribution in [-0.2, 0) is 0 Å². The van der Waals surface area contributed by atoms with Crippen molar-refractivity contribution >= 4 is 16.5 Å². The highest BCUT2D eigenvalue weighted by atomic mass is 32.1. The molecule has 0 atom stereocenters. The zero-order valence-electron chi connectivity index (χ0n) is 8.95. The summed E-state index contributed by atoms with van der Waals surface area (Å²) in [5, 5.41) is 4.25. The number of rotatable bonds is 3. The van der Waals surface area contributed by atoms with E-state index in [-0.39, 0.29) is 0 Å². The van der Waals surface area contributed by atoms with E-state index in [1.54, 1.807) is 11.3 Å². The van der Waals surface area contributed by atoms with Crippen LogP contribution in [0.5, 0.6) is 0 Å². The first kappa shape index (κ1) is 10.2. The van der Waals surface area contributed by atoms with Crippen molar-refractivity contribution in [2.24, 2.45) is 0 Å². The lowest BCUT2D eigenvalue weighted by molar-refractivity contribution is 1.17. The minimum absolute atomic E-state index is 0.918. The fourth-order valence-electron chi connectivity index (χ4n) is 1.48. The Hall–Kier alpha value is -1.35. The molecule has 0 fully saturated rings. The van der Waals surface area contributed by atoms with E-state index in [1.165, 1.54) is 10.4 Å². The van der Waals surface area contributed by atoms with Crippen LogP contribution in [0.4, 0.5) is 5.13 Å². The lowest BCUT2D eigenvalue weighted by Gasteiger charge is -1.96. The Morgan fingerprint density at radius 1 is 1.27 bits per heavy atom. The first-order valence-corrected chi connectivity index (χ1v) is 5.89. The summed E-state index contributed by atoms with van der Waals surface area (Å²) in [6, 6.07) is 10.4. The number of aromatic nitrogens is 1. The number of aryl methyl sites for hydroxylation is 1. The Morgan fingerprint density at radius 2 is 2.00 bits per heavy atom. The molecule has 1 aromatic heterocycles. The molecule has 1 N–H and O–H groups in total. The van der Waals surface area contributed by atoms with Crippen molar-refractivity contribution in [1.82, 2.24) is 4.98 Å². The van der Waals surface area contributed by atoms with Crippen molar-refractivity contribution < 1.29 is 0 Å². The first-order chi connectivity index (χ1) is 7.31. The van der Waals surface area contributed by atoms with Gasteiger partial charge in [0.2, 0.25) is 0 Å². The summed E-state index contributed by atoms with van der Waals surface area (Å²) in [5.41, 5.74) is 2.35. The zero-order valence-corrected chi connectivity index (χ0v) is 9.77. The van der Waals surface area contributed by atoms with Crippen LogP contribution < -0.4 is 5.32 Å². The van der Waals surface area contributed by atoms with Gasteiger partial charge in [-0.2, -0.15) is 0 Å². The number of nitrogens with zero attached hydrogens (tertiary/aromatic N) is 1. The molecule has 78 valence electrons. The summed E-state index contributed by atoms with van der Waals surface area (Å²) in [6.07, 6.45) is 0. The highest BCUT2D eigenvalue weighted by molar-refractivity contribution is 7.19. The van der Waals surface area contributed by atoms with E-state index in [0.717, 1.165) is 17.4 Å². The van der Waals surface area contributed by atoms with E-state index in [4.69, 9.17) is 0 Å². The molecule has 2 nitrogen and oxygen atoms in total. The van der Waals surface area contributed by atoms with E-state index in [2.05, 4.69) is 48.4 Å². The summed E-state index contributed by atoms with van der Waals surface area (Å²) in [4.78, 5) is 5.74. The summed E-state index contributed by atoms with van der Waals surface area (Å²) in [6.45, 7) is 5.06. The molecular formula is C12H14N2S. The summed E-state index contributed by atoms with van der Waals surface area (Å²) >= 11 is 1.71. The molecule has 1 heterocycles. The fourth-order valence-corrected chi connectivity index (χ4v) is 2.52. The second kappa shape index (κ2) is 4.45. The SMILES string of the molecule is CCNc1nc(C)c(-c2ccccc2)s1. The van der Waals surface area contributed by atoms with Crippen LogP contribution in [-0.4, -0.2) is 11.5 Å². The van der Waals surface area contributed by atoms with Gasteiger partial charge in [0.15, 0.2) is 5.13 Å². The van der Waals surface area contributed by atoms with Gasteiger partial charge in [-0.15, -0.1) is 0 Å². The average Bonchev–Trinajstić information content (AvgIpc) is 2.61. The fraction of sp³-hybridized carbons (Fsp3) is 0.250. The normalized spacial score (nSPS) is 10.3. The van der Waals surface area contributed by atoms with Crippen LogP contribution >= 0.6 is 11.3 Å². The van der Waals surface area contributed by atoms with E-state index < -0.39 is 0 Å². The Labute approximate surface area is 94.0 Å². The van der Waals surface area contributed by atoms with Gasteiger partial charge in [0.25, 0.3) is 0 Å². The first-order valence-electron chi connectivity index (χ1n) is 5.08. The van der Waals surface area contributed by atoms with Crippen molar-refractivity contribution in [2.75, 3.05) is 11.9 Å². The van der Waals surface area contributed by atoms with Crippen molar-refractivity contribution in [3.63, 3.8) is 0 Å². The van der Waals surface area contributed by atoms with Gasteiger partial charge in [-0.05, 0) is 19.4 Å². The maximum Gasteiger partial charge on any atom is 0.183 e. The Kier molecular flexibility index (Phi) is 3.02. The van der Waals surface area contributed by atoms with E-state index >= 15 is 0 Å². The van der Waals surface area contributed by atoms with Crippen LogP contribution in [0, 0.1) is 6.92 Å². The van der Waals surface area contributed by atoms with Crippen LogP contribution in [0.15, 0.2) is 30.3 Å². The molecule has 0 saturated heterocycles. The molecule has 0 bridgehead atoms. The second-order valence-corrected chi connectivity index (χ2v) is 4.33. The molecule has 0 aliphatic heterocycles. The van der Waals surface area contributed by atoms with Gasteiger partial charge < -0.3 is 5.32 Å². The lowest BCUT2D eigenvalue weighted by Crippen LogP contribution is -1.94. The lowest BCUT2D eigenvalue weighted by atomic mass is 10.2. The average molecular weight is 218 g/mol. The molecule has 2 rings (SSSR count). The van der Waals surface area contributed by atoms with Crippen LogP contribution in [0.25, 0.3) is 10.4 Å². The van der Waals surface area contributed by atoms with Gasteiger partial charge in [-0.3, -0.25) is 0 Å². The molecule has 0 aliphatic rings. The largest absolute Gasteiger partial charge is 0.362 e. The van der Waals surface area contributed by atoms with Crippen molar-refractivity contribution in [3.05, 3.63) is 36.0 Å². The molecule has 2 aromatic rings. The van der Waals surface area contributed by atoms with Crippen molar-refractivity contribution in [2.45, 2.75) is 13.8 Å². The Balaban J connectivity index is 2.36. The van der Waals surface area contributed by atoms with Gasteiger partial charge in [-0.25, -0.2) is 4.98 Å².